The van der Waals surface area contributed by atoms with Gasteiger partial charge in [-0.05, 0) is 12.5 Å². The van der Waals surface area contributed by atoms with E-state index in [1.807, 2.05) is 53.1 Å². The number of ether oxygens (including phenoxy) is 1. The highest BCUT2D eigenvalue weighted by atomic mass is 16.5. The third-order valence-electron chi connectivity index (χ3n) is 3.92. The molecule has 0 aliphatic carbocycles. The zero-order chi connectivity index (χ0) is 16.2. The van der Waals surface area contributed by atoms with Gasteiger partial charge in [-0.15, -0.1) is 0 Å². The summed E-state index contributed by atoms with van der Waals surface area (Å²) in [4.78, 5) is 16.4. The molecule has 4 nitrogen and oxygen atoms in total. The number of benzene rings is 2. The monoisotopic (exact) mass is 306 g/mol. The van der Waals surface area contributed by atoms with E-state index in [9.17, 15) is 4.79 Å². The first-order valence-electron chi connectivity index (χ1n) is 7.48. The third-order valence-corrected chi connectivity index (χ3v) is 3.92. The SMILES string of the molecule is COC(=O)c1ncn([C@H](C)c2ccccc2)c1-c1ccccc1. The van der Waals surface area contributed by atoms with Crippen LogP contribution in [-0.4, -0.2) is 22.6 Å². The standard InChI is InChI=1S/C19H18N2O2/c1-14(15-9-5-3-6-10-15)21-13-20-17(19(22)23-2)18(21)16-11-7-4-8-12-16/h3-14H,1-2H3/t14-/m1/s1. The van der Waals surface area contributed by atoms with Gasteiger partial charge in [0.05, 0.1) is 25.2 Å². The van der Waals surface area contributed by atoms with E-state index in [0.717, 1.165) is 16.8 Å². The maximum absolute atomic E-state index is 12.1. The summed E-state index contributed by atoms with van der Waals surface area (Å²) in [5.74, 6) is -0.428. The molecule has 2 aromatic carbocycles. The lowest BCUT2D eigenvalue weighted by Gasteiger charge is -2.17. The Balaban J connectivity index is 2.14. The van der Waals surface area contributed by atoms with Gasteiger partial charge in [-0.1, -0.05) is 60.7 Å². The number of hydrogen-bond acceptors (Lipinski definition) is 3. The largest absolute Gasteiger partial charge is 0.464 e. The molecule has 3 rings (SSSR count). The summed E-state index contributed by atoms with van der Waals surface area (Å²) in [6.45, 7) is 2.09. The smallest absolute Gasteiger partial charge is 0.358 e. The van der Waals surface area contributed by atoms with Crippen molar-refractivity contribution in [2.24, 2.45) is 0 Å². The maximum Gasteiger partial charge on any atom is 0.358 e. The number of carbonyl (C=O) groups is 1. The number of nitrogens with zero attached hydrogens (tertiary/aromatic N) is 2. The van der Waals surface area contributed by atoms with Crippen LogP contribution < -0.4 is 0 Å². The lowest BCUT2D eigenvalue weighted by atomic mass is 10.1. The highest BCUT2D eigenvalue weighted by Crippen LogP contribution is 2.29. The normalized spacial score (nSPS) is 11.9. The molecule has 0 spiro atoms. The van der Waals surface area contributed by atoms with E-state index in [-0.39, 0.29) is 6.04 Å². The highest BCUT2D eigenvalue weighted by molar-refractivity contribution is 5.94. The van der Waals surface area contributed by atoms with Gasteiger partial charge in [0.15, 0.2) is 5.69 Å². The molecule has 0 aliphatic rings. The fourth-order valence-corrected chi connectivity index (χ4v) is 2.67. The Hall–Kier alpha value is -2.88. The molecule has 4 heteroatoms. The van der Waals surface area contributed by atoms with Crippen LogP contribution in [0.15, 0.2) is 67.0 Å². The molecule has 1 heterocycles. The number of carbonyl (C=O) groups excluding carboxylic acids is 1. The lowest BCUT2D eigenvalue weighted by Crippen LogP contribution is -2.10. The Morgan fingerprint density at radius 1 is 1.04 bits per heavy atom. The van der Waals surface area contributed by atoms with Crippen LogP contribution in [0.2, 0.25) is 0 Å². The van der Waals surface area contributed by atoms with E-state index in [2.05, 4.69) is 24.0 Å². The number of esters is 1. The molecule has 0 unspecified atom stereocenters. The Morgan fingerprint density at radius 3 is 2.26 bits per heavy atom. The van der Waals surface area contributed by atoms with Gasteiger partial charge in [-0.2, -0.15) is 0 Å². The van der Waals surface area contributed by atoms with Crippen molar-refractivity contribution in [3.8, 4) is 11.3 Å². The van der Waals surface area contributed by atoms with Crippen LogP contribution in [0.1, 0.15) is 29.0 Å². The van der Waals surface area contributed by atoms with Gasteiger partial charge < -0.3 is 9.30 Å². The lowest BCUT2D eigenvalue weighted by molar-refractivity contribution is 0.0595. The van der Waals surface area contributed by atoms with Gasteiger partial charge in [0.25, 0.3) is 0 Å². The molecule has 0 saturated heterocycles. The molecule has 0 amide bonds. The maximum atomic E-state index is 12.1. The van der Waals surface area contributed by atoms with Crippen LogP contribution in [0.3, 0.4) is 0 Å². The number of aromatic nitrogens is 2. The Kier molecular flexibility index (Phi) is 4.24. The first kappa shape index (κ1) is 15.0. The summed E-state index contributed by atoms with van der Waals surface area (Å²) in [7, 11) is 1.37. The first-order chi connectivity index (χ1) is 11.2. The second-order valence-electron chi connectivity index (χ2n) is 5.29. The fraction of sp³-hybridized carbons (Fsp3) is 0.158. The fourth-order valence-electron chi connectivity index (χ4n) is 2.67. The van der Waals surface area contributed by atoms with E-state index < -0.39 is 5.97 Å². The summed E-state index contributed by atoms with van der Waals surface area (Å²) in [5, 5.41) is 0. The molecule has 0 radical (unpaired) electrons. The van der Waals surface area contributed by atoms with Crippen molar-refractivity contribution < 1.29 is 9.53 Å². The Labute approximate surface area is 135 Å². The predicted molar refractivity (Wildman–Crippen MR) is 89.3 cm³/mol. The van der Waals surface area contributed by atoms with E-state index in [0.29, 0.717) is 5.69 Å². The van der Waals surface area contributed by atoms with Crippen molar-refractivity contribution >= 4 is 5.97 Å². The minimum atomic E-state index is -0.428. The molecule has 0 N–H and O–H groups in total. The minimum absolute atomic E-state index is 0.0531. The van der Waals surface area contributed by atoms with Crippen LogP contribution in [0.5, 0.6) is 0 Å². The second-order valence-corrected chi connectivity index (χ2v) is 5.29. The van der Waals surface area contributed by atoms with Crippen LogP contribution in [-0.2, 0) is 4.74 Å². The predicted octanol–water partition coefficient (Wildman–Crippen LogP) is 3.95. The summed E-state index contributed by atoms with van der Waals surface area (Å²) < 4.78 is 6.89. The molecule has 0 fully saturated rings. The summed E-state index contributed by atoms with van der Waals surface area (Å²) in [5.41, 5.74) is 3.20. The van der Waals surface area contributed by atoms with Crippen molar-refractivity contribution in [2.75, 3.05) is 7.11 Å². The number of hydrogen-bond donors (Lipinski definition) is 0. The van der Waals surface area contributed by atoms with E-state index in [4.69, 9.17) is 4.74 Å². The highest BCUT2D eigenvalue weighted by Gasteiger charge is 2.22. The van der Waals surface area contributed by atoms with Gasteiger partial charge in [-0.25, -0.2) is 9.78 Å². The Morgan fingerprint density at radius 2 is 1.65 bits per heavy atom. The molecule has 1 aromatic heterocycles. The van der Waals surface area contributed by atoms with Crippen LogP contribution >= 0.6 is 0 Å². The Bertz CT molecular complexity index is 795. The van der Waals surface area contributed by atoms with Crippen molar-refractivity contribution in [1.29, 1.82) is 0 Å². The van der Waals surface area contributed by atoms with E-state index in [1.54, 1.807) is 6.33 Å². The average Bonchev–Trinajstić information content (AvgIpc) is 3.07. The average molecular weight is 306 g/mol. The van der Waals surface area contributed by atoms with Crippen LogP contribution in [0, 0.1) is 0 Å². The van der Waals surface area contributed by atoms with Crippen molar-refractivity contribution in [1.82, 2.24) is 9.55 Å². The van der Waals surface area contributed by atoms with Gasteiger partial charge in [-0.3, -0.25) is 0 Å². The van der Waals surface area contributed by atoms with Gasteiger partial charge in [0.2, 0.25) is 0 Å². The molecular weight excluding hydrogens is 288 g/mol. The van der Waals surface area contributed by atoms with Gasteiger partial charge >= 0.3 is 5.97 Å². The minimum Gasteiger partial charge on any atom is -0.464 e. The van der Waals surface area contributed by atoms with Crippen LogP contribution in [0.25, 0.3) is 11.3 Å². The van der Waals surface area contributed by atoms with Crippen molar-refractivity contribution in [2.45, 2.75) is 13.0 Å². The van der Waals surface area contributed by atoms with E-state index >= 15 is 0 Å². The number of imidazole rings is 1. The molecular formula is C19H18N2O2. The number of rotatable bonds is 4. The summed E-state index contributed by atoms with van der Waals surface area (Å²) in [6, 6.07) is 20.0. The quantitative estimate of drug-likeness (QED) is 0.686. The molecule has 23 heavy (non-hydrogen) atoms. The molecule has 116 valence electrons. The zero-order valence-corrected chi connectivity index (χ0v) is 13.1. The molecule has 0 saturated carbocycles. The summed E-state index contributed by atoms with van der Waals surface area (Å²) in [6.07, 6.45) is 1.70. The van der Waals surface area contributed by atoms with Gasteiger partial charge in [0, 0.05) is 5.56 Å². The summed E-state index contributed by atoms with van der Waals surface area (Å²) >= 11 is 0. The number of methoxy groups -OCH3 is 1. The molecule has 1 atom stereocenters. The second kappa shape index (κ2) is 6.48. The zero-order valence-electron chi connectivity index (χ0n) is 13.1. The molecule has 3 aromatic rings. The van der Waals surface area contributed by atoms with Gasteiger partial charge in [0.1, 0.15) is 0 Å². The van der Waals surface area contributed by atoms with Crippen molar-refractivity contribution in [3.05, 3.63) is 78.2 Å². The van der Waals surface area contributed by atoms with Crippen molar-refractivity contribution in [3.63, 3.8) is 0 Å². The topological polar surface area (TPSA) is 44.1 Å². The van der Waals surface area contributed by atoms with E-state index in [1.165, 1.54) is 7.11 Å². The first-order valence-corrected chi connectivity index (χ1v) is 7.48. The van der Waals surface area contributed by atoms with Crippen LogP contribution in [0.4, 0.5) is 0 Å². The third kappa shape index (κ3) is 2.88. The molecule has 0 bridgehead atoms. The molecule has 0 aliphatic heterocycles.